The number of aromatic nitrogens is 6. The van der Waals surface area contributed by atoms with E-state index in [1.54, 1.807) is 48.7 Å². The zero-order valence-corrected chi connectivity index (χ0v) is 38.9. The number of fused-ring (bicyclic) bond motifs is 5. The molecule has 4 aliphatic heterocycles. The van der Waals surface area contributed by atoms with Crippen LogP contribution in [0.5, 0.6) is 6.01 Å². The predicted molar refractivity (Wildman–Crippen MR) is 248 cm³/mol. The molecule has 18 heteroatoms. The molecule has 1 aliphatic carbocycles. The zero-order chi connectivity index (χ0) is 47.1. The van der Waals surface area contributed by atoms with Gasteiger partial charge in [0.15, 0.2) is 11.6 Å². The van der Waals surface area contributed by atoms with E-state index in [4.69, 9.17) is 30.6 Å². The molecule has 0 spiro atoms. The van der Waals surface area contributed by atoms with Crippen LogP contribution in [0.3, 0.4) is 0 Å². The summed E-state index contributed by atoms with van der Waals surface area (Å²) in [5.74, 6) is 2.33. The number of anilines is 1. The van der Waals surface area contributed by atoms with Gasteiger partial charge >= 0.3 is 12.1 Å². The minimum absolute atomic E-state index is 0.0102. The maximum atomic E-state index is 17.4. The molecule has 3 aromatic carbocycles. The molecule has 352 valence electrons. The van der Waals surface area contributed by atoms with E-state index < -0.39 is 32.8 Å². The Kier molecular flexibility index (Phi) is 10.9. The first-order valence-electron chi connectivity index (χ1n) is 23.2. The molecule has 7 heterocycles. The van der Waals surface area contributed by atoms with Gasteiger partial charge in [0, 0.05) is 42.7 Å². The molecule has 6 aromatic rings. The van der Waals surface area contributed by atoms with Crippen LogP contribution in [0.15, 0.2) is 72.0 Å². The molecule has 4 atom stereocenters. The summed E-state index contributed by atoms with van der Waals surface area (Å²) in [6, 6.07) is 14.5. The number of carbonyl (C=O) groups excluding carboxylic acids is 1. The van der Waals surface area contributed by atoms with Crippen molar-refractivity contribution in [1.29, 1.82) is 0 Å². The number of halogens is 2. The Morgan fingerprint density at radius 2 is 1.78 bits per heavy atom. The molecule has 3 aromatic heterocycles. The second kappa shape index (κ2) is 16.7. The predicted octanol–water partition coefficient (Wildman–Crippen LogP) is 7.60. The third-order valence-electron chi connectivity index (χ3n) is 14.0. The molecule has 1 amide bonds. The summed E-state index contributed by atoms with van der Waals surface area (Å²) in [5, 5.41) is 5.61. The summed E-state index contributed by atoms with van der Waals surface area (Å²) >= 11 is 0. The molecule has 15 nitrogen and oxygen atoms in total. The standard InChI is InChI=1S/C50H51F2N9O6S/c1-5-37-40(51)18-15-31-10-7-12-38(41(31)37)43-42(52)44-39(23-53-43)46(58-24-33-16-17-34(25-58)61(33)48(62)67-49(2,3)4)56-47(55-44)66-28-50-19-8-20-59(50)26-35(22-50)65-27-30-9-6-11-36(21-30)68(63,64)60-29-54-45(57-60)32-13-14-32/h1,6-7,9-12,15,18,21,23,29,32-35H,8,13-14,16-17,19-20,22,24-28H2,2-4H3/t33-,34+,35-,50-/m0/s1. The number of pyridine rings is 1. The van der Waals surface area contributed by atoms with Crippen molar-refractivity contribution < 1.29 is 36.2 Å². The minimum Gasteiger partial charge on any atom is -0.461 e. The fourth-order valence-corrected chi connectivity index (χ4v) is 11.8. The van der Waals surface area contributed by atoms with E-state index in [9.17, 15) is 13.2 Å². The Morgan fingerprint density at radius 3 is 2.54 bits per heavy atom. The van der Waals surface area contributed by atoms with Gasteiger partial charge in [-0.2, -0.15) is 18.4 Å². The van der Waals surface area contributed by atoms with Gasteiger partial charge in [0.1, 0.15) is 41.4 Å². The van der Waals surface area contributed by atoms with Crippen LogP contribution < -0.4 is 9.64 Å². The van der Waals surface area contributed by atoms with Crippen molar-refractivity contribution >= 4 is 43.6 Å². The second-order valence-corrected chi connectivity index (χ2v) is 21.6. The monoisotopic (exact) mass is 943 g/mol. The largest absolute Gasteiger partial charge is 0.461 e. The van der Waals surface area contributed by atoms with Crippen molar-refractivity contribution in [3.63, 3.8) is 0 Å². The van der Waals surface area contributed by atoms with Gasteiger partial charge in [-0.3, -0.25) is 14.8 Å². The maximum Gasteiger partial charge on any atom is 0.410 e. The summed E-state index contributed by atoms with van der Waals surface area (Å²) in [5.41, 5.74) is -0.0892. The summed E-state index contributed by atoms with van der Waals surface area (Å²) in [4.78, 5) is 38.4. The Balaban J connectivity index is 0.876. The van der Waals surface area contributed by atoms with Crippen molar-refractivity contribution in [3.8, 4) is 29.6 Å². The van der Waals surface area contributed by atoms with E-state index in [-0.39, 0.29) is 71.1 Å². The summed E-state index contributed by atoms with van der Waals surface area (Å²) in [7, 11) is -3.93. The van der Waals surface area contributed by atoms with Gasteiger partial charge in [-0.15, -0.1) is 15.6 Å². The lowest BCUT2D eigenvalue weighted by molar-refractivity contribution is 0.0122. The molecular formula is C50H51F2N9O6S. The highest BCUT2D eigenvalue weighted by Gasteiger charge is 2.50. The zero-order valence-electron chi connectivity index (χ0n) is 38.1. The Bertz CT molecular complexity index is 3140. The molecule has 5 aliphatic rings. The third-order valence-corrected chi connectivity index (χ3v) is 15.5. The number of hydrogen-bond donors (Lipinski definition) is 0. The Labute approximate surface area is 392 Å². The number of hydrogen-bond acceptors (Lipinski definition) is 13. The molecule has 5 fully saturated rings. The van der Waals surface area contributed by atoms with Crippen molar-refractivity contribution in [2.75, 3.05) is 37.7 Å². The average Bonchev–Trinajstić information content (AvgIpc) is 3.59. The summed E-state index contributed by atoms with van der Waals surface area (Å²) in [6.45, 7) is 8.28. The number of ether oxygens (including phenoxy) is 3. The van der Waals surface area contributed by atoms with Crippen LogP contribution in [-0.2, 0) is 26.1 Å². The molecule has 0 radical (unpaired) electrons. The normalized spacial score (nSPS) is 22.8. The van der Waals surface area contributed by atoms with Gasteiger partial charge in [-0.25, -0.2) is 18.6 Å². The lowest BCUT2D eigenvalue weighted by atomic mass is 9.94. The van der Waals surface area contributed by atoms with Crippen molar-refractivity contribution in [2.45, 2.75) is 112 Å². The first-order valence-corrected chi connectivity index (χ1v) is 24.7. The topological polar surface area (TPSA) is 158 Å². The van der Waals surface area contributed by atoms with E-state index >= 15 is 8.78 Å². The maximum absolute atomic E-state index is 17.4. The Morgan fingerprint density at radius 1 is 0.985 bits per heavy atom. The van der Waals surface area contributed by atoms with Crippen LogP contribution in [0.1, 0.15) is 88.6 Å². The van der Waals surface area contributed by atoms with E-state index in [2.05, 4.69) is 30.8 Å². The molecule has 11 rings (SSSR count). The summed E-state index contributed by atoms with van der Waals surface area (Å²) in [6.07, 6.45) is 14.0. The van der Waals surface area contributed by atoms with Gasteiger partial charge < -0.3 is 19.1 Å². The molecule has 4 saturated heterocycles. The van der Waals surface area contributed by atoms with E-state index in [1.165, 1.54) is 12.4 Å². The number of amides is 1. The van der Waals surface area contributed by atoms with Gasteiger partial charge in [-0.05, 0) is 101 Å². The fraction of sp³-hybridized carbons (Fsp3) is 0.440. The van der Waals surface area contributed by atoms with Crippen LogP contribution in [0.25, 0.3) is 32.9 Å². The van der Waals surface area contributed by atoms with Gasteiger partial charge in [-0.1, -0.05) is 42.3 Å². The number of benzene rings is 3. The minimum atomic E-state index is -3.93. The van der Waals surface area contributed by atoms with Crippen LogP contribution in [0.2, 0.25) is 0 Å². The lowest BCUT2D eigenvalue weighted by Gasteiger charge is -2.42. The van der Waals surface area contributed by atoms with Crippen molar-refractivity contribution in [2.24, 2.45) is 0 Å². The smallest absolute Gasteiger partial charge is 0.410 e. The first-order chi connectivity index (χ1) is 32.7. The van der Waals surface area contributed by atoms with E-state index in [0.717, 1.165) is 49.2 Å². The van der Waals surface area contributed by atoms with E-state index in [0.29, 0.717) is 65.0 Å². The SMILES string of the molecule is C#Cc1c(F)ccc2cccc(-c3ncc4c(N5C[C@H]6CC[C@@H](C5)N6C(=O)OC(C)(C)C)nc(OC[C@@]56CCCN5C[C@@H](OCc5cccc(S(=O)(=O)n7cnc(C8CC8)n7)c5)C6)nc4c3F)c12. The van der Waals surface area contributed by atoms with Crippen LogP contribution in [0, 0.1) is 24.0 Å². The molecule has 0 unspecified atom stereocenters. The summed E-state index contributed by atoms with van der Waals surface area (Å²) < 4.78 is 79.2. The number of rotatable bonds is 11. The average molecular weight is 944 g/mol. The van der Waals surface area contributed by atoms with Gasteiger partial charge in [0.2, 0.25) is 0 Å². The molecule has 0 N–H and O–H groups in total. The van der Waals surface area contributed by atoms with Crippen LogP contribution in [-0.4, -0.2) is 116 Å². The number of terminal acetylenes is 1. The van der Waals surface area contributed by atoms with Crippen molar-refractivity contribution in [3.05, 3.63) is 95.7 Å². The number of piperazine rings is 1. The van der Waals surface area contributed by atoms with Gasteiger partial charge in [0.25, 0.3) is 10.0 Å². The van der Waals surface area contributed by atoms with Gasteiger partial charge in [0.05, 0.1) is 46.2 Å². The van der Waals surface area contributed by atoms with Crippen LogP contribution in [0.4, 0.5) is 19.4 Å². The Hall–Kier alpha value is -6.29. The third kappa shape index (κ3) is 7.97. The molecule has 2 bridgehead atoms. The fourth-order valence-electron chi connectivity index (χ4n) is 10.7. The second-order valence-electron chi connectivity index (χ2n) is 19.8. The van der Waals surface area contributed by atoms with E-state index in [1.807, 2.05) is 31.7 Å². The molecular weight excluding hydrogens is 893 g/mol. The first kappa shape index (κ1) is 44.2. The molecule has 68 heavy (non-hydrogen) atoms. The number of nitrogens with zero attached hydrogens (tertiary/aromatic N) is 9. The lowest BCUT2D eigenvalue weighted by Crippen LogP contribution is -2.57. The quantitative estimate of drug-likeness (QED) is 0.117. The highest BCUT2D eigenvalue weighted by Crippen LogP contribution is 2.43. The highest BCUT2D eigenvalue weighted by atomic mass is 32.2. The number of carbonyl (C=O) groups is 1. The highest BCUT2D eigenvalue weighted by molar-refractivity contribution is 7.89. The van der Waals surface area contributed by atoms with Crippen molar-refractivity contribution in [1.82, 2.24) is 38.9 Å². The van der Waals surface area contributed by atoms with Crippen LogP contribution >= 0.6 is 0 Å². The molecule has 1 saturated carbocycles.